The van der Waals surface area contributed by atoms with Crippen LogP contribution in [0.25, 0.3) is 16.9 Å². The van der Waals surface area contributed by atoms with Gasteiger partial charge in [-0.05, 0) is 75.4 Å². The second kappa shape index (κ2) is 11.3. The average molecular weight is 561 g/mol. The molecule has 3 aromatic heterocycles. The molecule has 0 radical (unpaired) electrons. The third kappa shape index (κ3) is 5.94. The molecule has 4 aromatic rings. The number of pyridine rings is 1. The Bertz CT molecular complexity index is 1540. The van der Waals surface area contributed by atoms with Gasteiger partial charge in [0.1, 0.15) is 22.9 Å². The van der Waals surface area contributed by atoms with E-state index in [1.54, 1.807) is 17.0 Å². The number of ether oxygens (including phenoxy) is 1. The summed E-state index contributed by atoms with van der Waals surface area (Å²) in [5.41, 5.74) is 3.93. The molecule has 0 N–H and O–H groups in total. The van der Waals surface area contributed by atoms with Crippen molar-refractivity contribution in [1.29, 1.82) is 5.26 Å². The maximum absolute atomic E-state index is 13.4. The maximum Gasteiger partial charge on any atom is 0.410 e. The van der Waals surface area contributed by atoms with E-state index >= 15 is 0 Å². The maximum atomic E-state index is 13.4. The molecule has 4 heterocycles. The number of carbonyl (C=O) groups excluding carboxylic acids is 1. The molecule has 5 rings (SSSR count). The van der Waals surface area contributed by atoms with Gasteiger partial charge in [-0.25, -0.2) is 19.2 Å². The molecule has 1 aromatic carbocycles. The third-order valence-electron chi connectivity index (χ3n) is 7.01. The van der Waals surface area contributed by atoms with Crippen LogP contribution >= 0.6 is 11.3 Å². The van der Waals surface area contributed by atoms with Crippen molar-refractivity contribution in [2.45, 2.75) is 58.0 Å². The Morgan fingerprint density at radius 3 is 2.58 bits per heavy atom. The standard InChI is InChI=1S/C30H33FN6O2S/c1-30(2,3)39-29(38)36-16-13-20(14-17-36)22-9-12-26-33-24(6-5-15-32)27(37(26)18-22)35(4)28-34-25(19-40-28)21-7-10-23(31)11-8-21/h7-12,18-20H,5-6,13-14,16-17H2,1-4H3. The molecule has 1 fully saturated rings. The van der Waals surface area contributed by atoms with Crippen molar-refractivity contribution >= 4 is 34.0 Å². The van der Waals surface area contributed by atoms with Gasteiger partial charge < -0.3 is 14.5 Å². The van der Waals surface area contributed by atoms with Crippen molar-refractivity contribution in [1.82, 2.24) is 19.3 Å². The fourth-order valence-electron chi connectivity index (χ4n) is 5.02. The van der Waals surface area contributed by atoms with E-state index < -0.39 is 5.60 Å². The van der Waals surface area contributed by atoms with Crippen LogP contribution in [-0.2, 0) is 11.2 Å². The van der Waals surface area contributed by atoms with Crippen molar-refractivity contribution < 1.29 is 13.9 Å². The number of likely N-dealkylation sites (tertiary alicyclic amines) is 1. The highest BCUT2D eigenvalue weighted by atomic mass is 32.1. The van der Waals surface area contributed by atoms with E-state index in [9.17, 15) is 14.4 Å². The molecule has 0 unspecified atom stereocenters. The summed E-state index contributed by atoms with van der Waals surface area (Å²) in [6.07, 6.45) is 4.45. The number of carbonyl (C=O) groups is 1. The lowest BCUT2D eigenvalue weighted by Gasteiger charge is -2.33. The van der Waals surface area contributed by atoms with Gasteiger partial charge in [0.2, 0.25) is 0 Å². The SMILES string of the molecule is CN(c1nc(-c2ccc(F)cc2)cs1)c1c(CCC#N)nc2ccc(C3CCN(C(=O)OC(C)(C)C)CC3)cn12. The van der Waals surface area contributed by atoms with Gasteiger partial charge in [0.25, 0.3) is 0 Å². The number of halogens is 1. The van der Waals surface area contributed by atoms with Gasteiger partial charge in [-0.1, -0.05) is 6.07 Å². The third-order valence-corrected chi connectivity index (χ3v) is 7.93. The summed E-state index contributed by atoms with van der Waals surface area (Å²) in [7, 11) is 1.96. The summed E-state index contributed by atoms with van der Waals surface area (Å²) in [4.78, 5) is 26.0. The minimum absolute atomic E-state index is 0.259. The van der Waals surface area contributed by atoms with Crippen molar-refractivity contribution in [2.75, 3.05) is 25.0 Å². The number of amides is 1. The van der Waals surface area contributed by atoms with Gasteiger partial charge in [-0.3, -0.25) is 4.40 Å². The zero-order valence-electron chi connectivity index (χ0n) is 23.2. The molecule has 0 spiro atoms. The number of aryl methyl sites for hydroxylation is 1. The van der Waals surface area contributed by atoms with Gasteiger partial charge >= 0.3 is 6.09 Å². The fourth-order valence-corrected chi connectivity index (χ4v) is 5.82. The van der Waals surface area contributed by atoms with Gasteiger partial charge in [-0.15, -0.1) is 11.3 Å². The Balaban J connectivity index is 1.42. The first-order valence-electron chi connectivity index (χ1n) is 13.4. The number of hydrogen-bond donors (Lipinski definition) is 0. The number of benzene rings is 1. The van der Waals surface area contributed by atoms with E-state index in [4.69, 9.17) is 14.7 Å². The van der Waals surface area contributed by atoms with E-state index in [1.807, 2.05) is 44.2 Å². The average Bonchev–Trinajstić information content (AvgIpc) is 3.56. The Hall–Kier alpha value is -3.97. The number of piperidine rings is 1. The van der Waals surface area contributed by atoms with Crippen LogP contribution in [0.1, 0.15) is 57.2 Å². The smallest absolute Gasteiger partial charge is 0.410 e. The van der Waals surface area contributed by atoms with Crippen molar-refractivity contribution in [3.63, 3.8) is 0 Å². The lowest BCUT2D eigenvalue weighted by Crippen LogP contribution is -2.41. The summed E-state index contributed by atoms with van der Waals surface area (Å²) in [5.74, 6) is 0.893. The monoisotopic (exact) mass is 560 g/mol. The fraction of sp³-hybridized carbons (Fsp3) is 0.400. The molecule has 0 bridgehead atoms. The van der Waals surface area contributed by atoms with Crippen LogP contribution in [0.15, 0.2) is 48.0 Å². The molecule has 0 aliphatic carbocycles. The van der Waals surface area contributed by atoms with Crippen LogP contribution in [0.5, 0.6) is 0 Å². The van der Waals surface area contributed by atoms with Gasteiger partial charge in [0.05, 0.1) is 17.5 Å². The van der Waals surface area contributed by atoms with Crippen LogP contribution in [-0.4, -0.2) is 51.1 Å². The Kier molecular flexibility index (Phi) is 7.76. The number of hydrogen-bond acceptors (Lipinski definition) is 7. The van der Waals surface area contributed by atoms with Crippen molar-refractivity contribution in [2.24, 2.45) is 0 Å². The molecular formula is C30H33FN6O2S. The molecule has 0 saturated carbocycles. The summed E-state index contributed by atoms with van der Waals surface area (Å²) in [6.45, 7) is 6.94. The summed E-state index contributed by atoms with van der Waals surface area (Å²) in [5, 5.41) is 12.0. The van der Waals surface area contributed by atoms with Crippen LogP contribution in [0.3, 0.4) is 0 Å². The molecule has 8 nitrogen and oxygen atoms in total. The number of aromatic nitrogens is 3. The second-order valence-electron chi connectivity index (χ2n) is 11.1. The lowest BCUT2D eigenvalue weighted by atomic mass is 9.90. The minimum atomic E-state index is -0.511. The zero-order valence-corrected chi connectivity index (χ0v) is 24.0. The van der Waals surface area contributed by atoms with E-state index in [-0.39, 0.29) is 11.9 Å². The van der Waals surface area contributed by atoms with Gasteiger partial charge in [0.15, 0.2) is 5.13 Å². The van der Waals surface area contributed by atoms with E-state index in [1.165, 1.54) is 29.0 Å². The molecule has 1 aliphatic heterocycles. The van der Waals surface area contributed by atoms with E-state index in [0.29, 0.717) is 31.8 Å². The largest absolute Gasteiger partial charge is 0.444 e. The highest BCUT2D eigenvalue weighted by Gasteiger charge is 2.28. The number of imidazole rings is 1. The Labute approximate surface area is 237 Å². The molecular weight excluding hydrogens is 527 g/mol. The zero-order chi connectivity index (χ0) is 28.4. The van der Waals surface area contributed by atoms with E-state index in [0.717, 1.165) is 46.4 Å². The summed E-state index contributed by atoms with van der Waals surface area (Å²) >= 11 is 1.50. The second-order valence-corrected chi connectivity index (χ2v) is 11.9. The molecule has 10 heteroatoms. The molecule has 1 amide bonds. The van der Waals surface area contributed by atoms with Crippen LogP contribution in [0.4, 0.5) is 20.1 Å². The summed E-state index contributed by atoms with van der Waals surface area (Å²) in [6, 6.07) is 12.7. The van der Waals surface area contributed by atoms with E-state index in [2.05, 4.69) is 22.7 Å². The normalized spacial score (nSPS) is 14.3. The van der Waals surface area contributed by atoms with Crippen molar-refractivity contribution in [3.05, 3.63) is 65.0 Å². The first-order valence-corrected chi connectivity index (χ1v) is 14.3. The summed E-state index contributed by atoms with van der Waals surface area (Å²) < 4.78 is 21.1. The number of anilines is 2. The molecule has 40 heavy (non-hydrogen) atoms. The predicted octanol–water partition coefficient (Wildman–Crippen LogP) is 6.94. The van der Waals surface area contributed by atoms with Gasteiger partial charge in [-0.2, -0.15) is 5.26 Å². The Morgan fingerprint density at radius 2 is 1.90 bits per heavy atom. The number of nitriles is 1. The predicted molar refractivity (Wildman–Crippen MR) is 154 cm³/mol. The number of fused-ring (bicyclic) bond motifs is 1. The van der Waals surface area contributed by atoms with Gasteiger partial charge in [0, 0.05) is 50.1 Å². The van der Waals surface area contributed by atoms with Crippen LogP contribution < -0.4 is 4.90 Å². The lowest BCUT2D eigenvalue weighted by molar-refractivity contribution is 0.0205. The highest BCUT2D eigenvalue weighted by molar-refractivity contribution is 7.14. The topological polar surface area (TPSA) is 86.8 Å². The number of nitrogens with zero attached hydrogens (tertiary/aromatic N) is 6. The molecule has 208 valence electrons. The van der Waals surface area contributed by atoms with Crippen molar-refractivity contribution in [3.8, 4) is 17.3 Å². The minimum Gasteiger partial charge on any atom is -0.444 e. The van der Waals surface area contributed by atoms with Crippen LogP contribution in [0.2, 0.25) is 0 Å². The van der Waals surface area contributed by atoms with Crippen LogP contribution in [0, 0.1) is 17.1 Å². The Morgan fingerprint density at radius 1 is 1.18 bits per heavy atom. The highest BCUT2D eigenvalue weighted by Crippen LogP contribution is 2.35. The first kappa shape index (κ1) is 27.6. The first-order chi connectivity index (χ1) is 19.1. The number of rotatable bonds is 6. The molecule has 0 atom stereocenters. The number of thiazole rings is 1. The molecule has 1 saturated heterocycles. The molecule has 1 aliphatic rings. The quantitative estimate of drug-likeness (QED) is 0.254.